The summed E-state index contributed by atoms with van der Waals surface area (Å²) in [6, 6.07) is 0. The summed E-state index contributed by atoms with van der Waals surface area (Å²) >= 11 is 0. The summed E-state index contributed by atoms with van der Waals surface area (Å²) in [7, 11) is 0. The largest absolute Gasteiger partial charge is 0.491 e. The number of hydrogen-bond acceptors (Lipinski definition) is 6. The van der Waals surface area contributed by atoms with E-state index in [-0.39, 0.29) is 19.5 Å². The Labute approximate surface area is 151 Å². The van der Waals surface area contributed by atoms with Gasteiger partial charge in [-0.15, -0.1) is 0 Å². The van der Waals surface area contributed by atoms with E-state index in [0.29, 0.717) is 4.90 Å². The molecule has 6 nitrogen and oxygen atoms in total. The highest BCUT2D eigenvalue weighted by Crippen LogP contribution is 2.30. The van der Waals surface area contributed by atoms with Crippen LogP contribution in [-0.4, -0.2) is 67.5 Å². The number of halogens is 9. The average Bonchev–Trinajstić information content (AvgIpc) is 2.50. The van der Waals surface area contributed by atoms with Gasteiger partial charge in [0.15, 0.2) is 0 Å². The van der Waals surface area contributed by atoms with Gasteiger partial charge >= 0.3 is 36.4 Å². The minimum atomic E-state index is -5.61. The lowest BCUT2D eigenvalue weighted by Gasteiger charge is -2.44. The van der Waals surface area contributed by atoms with Crippen molar-refractivity contribution >= 4 is 11.9 Å². The first-order valence-electron chi connectivity index (χ1n) is 7.70. The van der Waals surface area contributed by atoms with Crippen molar-refractivity contribution in [2.24, 2.45) is 0 Å². The lowest BCUT2D eigenvalue weighted by Crippen LogP contribution is -2.66. The first kappa shape index (κ1) is 24.3. The van der Waals surface area contributed by atoms with E-state index in [1.165, 1.54) is 0 Å². The highest BCUT2D eigenvalue weighted by atomic mass is 19.4. The van der Waals surface area contributed by atoms with Gasteiger partial charge in [0, 0.05) is 26.1 Å². The molecule has 1 aliphatic rings. The maximum atomic E-state index is 12.5. The van der Waals surface area contributed by atoms with Crippen LogP contribution in [0.1, 0.15) is 19.3 Å². The van der Waals surface area contributed by atoms with Gasteiger partial charge in [-0.2, -0.15) is 39.5 Å². The number of esters is 2. The zero-order valence-electron chi connectivity index (χ0n) is 13.9. The number of carbonyl (C=O) groups is 2. The predicted molar refractivity (Wildman–Crippen MR) is 71.4 cm³/mol. The maximum absolute atomic E-state index is 12.5. The van der Waals surface area contributed by atoms with Crippen LogP contribution in [0.5, 0.6) is 0 Å². The second-order valence-corrected chi connectivity index (χ2v) is 5.72. The Balaban J connectivity index is 3.02. The highest BCUT2D eigenvalue weighted by molar-refractivity contribution is 5.78. The van der Waals surface area contributed by atoms with Crippen molar-refractivity contribution in [2.45, 2.75) is 43.7 Å². The van der Waals surface area contributed by atoms with Crippen molar-refractivity contribution in [3.05, 3.63) is 0 Å². The number of piperazine rings is 1. The van der Waals surface area contributed by atoms with Gasteiger partial charge in [-0.3, -0.25) is 0 Å². The monoisotopic (exact) mass is 434 g/mol. The Morgan fingerprint density at radius 1 is 0.893 bits per heavy atom. The Hall–Kier alpha value is -1.77. The van der Waals surface area contributed by atoms with Gasteiger partial charge in [0.1, 0.15) is 0 Å². The molecule has 1 rings (SSSR count). The normalized spacial score (nSPS) is 18.6. The number of unbranched alkanes of at least 4 members (excludes halogenated alkanes) is 1. The van der Waals surface area contributed by atoms with Gasteiger partial charge < -0.3 is 14.8 Å². The Morgan fingerprint density at radius 2 is 1.39 bits per heavy atom. The van der Waals surface area contributed by atoms with Crippen LogP contribution in [0.15, 0.2) is 0 Å². The molecule has 0 radical (unpaired) electrons. The van der Waals surface area contributed by atoms with Crippen LogP contribution >= 0.6 is 0 Å². The van der Waals surface area contributed by atoms with E-state index in [9.17, 15) is 49.1 Å². The van der Waals surface area contributed by atoms with Gasteiger partial charge in [-0.1, -0.05) is 0 Å². The first-order chi connectivity index (χ1) is 12.6. The number of rotatable bonds is 6. The smallest absolute Gasteiger partial charge is 0.400 e. The molecule has 0 aliphatic carbocycles. The van der Waals surface area contributed by atoms with Crippen LogP contribution in [0.3, 0.4) is 0 Å². The fourth-order valence-corrected chi connectivity index (χ4v) is 2.28. The summed E-state index contributed by atoms with van der Waals surface area (Å²) in [6.45, 7) is -1.85. The van der Waals surface area contributed by atoms with Crippen LogP contribution in [-0.2, 0) is 19.1 Å². The number of nitrogens with one attached hydrogen (secondary N) is 1. The summed E-state index contributed by atoms with van der Waals surface area (Å²) in [5, 5.41) is 2.32. The van der Waals surface area contributed by atoms with Gasteiger partial charge in [0.2, 0.25) is 0 Å². The first-order valence-corrected chi connectivity index (χ1v) is 7.70. The van der Waals surface area contributed by atoms with E-state index in [0.717, 1.165) is 0 Å². The Bertz CT molecular complexity index is 532. The molecule has 1 N–H and O–H groups in total. The van der Waals surface area contributed by atoms with Gasteiger partial charge in [0.25, 0.3) is 0 Å². The molecular formula is C13H15F9N2O4. The molecule has 0 atom stereocenters. The zero-order chi connectivity index (χ0) is 21.8. The molecule has 1 fully saturated rings. The second-order valence-electron chi connectivity index (χ2n) is 5.72. The molecule has 28 heavy (non-hydrogen) atoms. The van der Waals surface area contributed by atoms with Crippen molar-refractivity contribution < 1.29 is 58.6 Å². The van der Waals surface area contributed by atoms with Crippen LogP contribution in [0, 0.1) is 0 Å². The summed E-state index contributed by atoms with van der Waals surface area (Å²) in [6.07, 6.45) is -17.8. The highest BCUT2D eigenvalue weighted by Gasteiger charge is 2.55. The zero-order valence-corrected chi connectivity index (χ0v) is 13.9. The fourth-order valence-electron chi connectivity index (χ4n) is 2.28. The van der Waals surface area contributed by atoms with Crippen LogP contribution in [0.2, 0.25) is 0 Å². The quantitative estimate of drug-likeness (QED) is 0.300. The number of alkyl halides is 9. The Morgan fingerprint density at radius 3 is 1.82 bits per heavy atom. The number of nitrogens with zero attached hydrogens (tertiary/aromatic N) is 1. The number of hydrogen-bond donors (Lipinski definition) is 1. The van der Waals surface area contributed by atoms with Crippen LogP contribution in [0.25, 0.3) is 0 Å². The lowest BCUT2D eigenvalue weighted by atomic mass is 10.2. The molecule has 0 aromatic rings. The molecular weight excluding hydrogens is 419 g/mol. The van der Waals surface area contributed by atoms with Gasteiger partial charge in [-0.25, -0.2) is 14.5 Å². The fraction of sp³-hybridized carbons (Fsp3) is 0.846. The van der Waals surface area contributed by atoms with Crippen molar-refractivity contribution in [2.75, 3.05) is 26.2 Å². The molecule has 15 heteroatoms. The second kappa shape index (κ2) is 8.71. The molecule has 164 valence electrons. The molecule has 1 heterocycles. The van der Waals surface area contributed by atoms with E-state index >= 15 is 0 Å². The van der Waals surface area contributed by atoms with Crippen LogP contribution < -0.4 is 5.32 Å². The third kappa shape index (κ3) is 7.33. The SMILES string of the molecule is O=C(OC1(OC(=O)C(F)(F)F)CNCCN1CCCCC(F)(F)F)C(F)(F)F. The molecule has 1 saturated heterocycles. The third-order valence-electron chi connectivity index (χ3n) is 3.49. The number of carbonyl (C=O) groups excluding carboxylic acids is 2. The van der Waals surface area contributed by atoms with E-state index in [1.807, 2.05) is 0 Å². The maximum Gasteiger partial charge on any atom is 0.491 e. The van der Waals surface area contributed by atoms with Crippen molar-refractivity contribution in [1.82, 2.24) is 10.2 Å². The molecule has 0 unspecified atom stereocenters. The third-order valence-corrected chi connectivity index (χ3v) is 3.49. The van der Waals surface area contributed by atoms with E-state index in [1.54, 1.807) is 0 Å². The number of ether oxygens (including phenoxy) is 2. The molecule has 0 saturated carbocycles. The molecule has 0 bridgehead atoms. The molecule has 0 aromatic heterocycles. The summed E-state index contributed by atoms with van der Waals surface area (Å²) in [5.41, 5.74) is 0. The molecule has 1 aliphatic heterocycles. The van der Waals surface area contributed by atoms with Crippen molar-refractivity contribution in [3.8, 4) is 0 Å². The average molecular weight is 434 g/mol. The minimum Gasteiger partial charge on any atom is -0.400 e. The lowest BCUT2D eigenvalue weighted by molar-refractivity contribution is -0.319. The molecule has 0 spiro atoms. The molecule has 0 amide bonds. The predicted octanol–water partition coefficient (Wildman–Crippen LogP) is 2.49. The Kier molecular flexibility index (Phi) is 7.55. The summed E-state index contributed by atoms with van der Waals surface area (Å²) < 4.78 is 120. The van der Waals surface area contributed by atoms with Gasteiger partial charge in [0.05, 0.1) is 6.54 Å². The minimum absolute atomic E-state index is 0.0197. The van der Waals surface area contributed by atoms with Gasteiger partial charge in [-0.05, 0) is 12.8 Å². The van der Waals surface area contributed by atoms with E-state index in [2.05, 4.69) is 14.8 Å². The summed E-state index contributed by atoms with van der Waals surface area (Å²) in [4.78, 5) is 23.0. The van der Waals surface area contributed by atoms with Crippen molar-refractivity contribution in [1.29, 1.82) is 0 Å². The standard InChI is InChI=1S/C13H15F9N2O4/c14-10(15,16)3-1-2-5-24-6-4-23-7-11(24,27-8(25)12(17,18)19)28-9(26)13(20,21)22/h23H,1-7H2. The molecule has 0 aromatic carbocycles. The topological polar surface area (TPSA) is 67.9 Å². The summed E-state index contributed by atoms with van der Waals surface area (Å²) in [5.74, 6) is -8.96. The van der Waals surface area contributed by atoms with Crippen molar-refractivity contribution in [3.63, 3.8) is 0 Å². The van der Waals surface area contributed by atoms with E-state index in [4.69, 9.17) is 0 Å². The van der Waals surface area contributed by atoms with E-state index < -0.39 is 62.3 Å². The van der Waals surface area contributed by atoms with Crippen LogP contribution in [0.4, 0.5) is 39.5 Å².